The van der Waals surface area contributed by atoms with Gasteiger partial charge in [0.1, 0.15) is 11.6 Å². The fourth-order valence-electron chi connectivity index (χ4n) is 3.30. The number of carbonyl (C=O) groups excluding carboxylic acids is 2. The first-order valence-electron chi connectivity index (χ1n) is 8.95. The summed E-state index contributed by atoms with van der Waals surface area (Å²) >= 11 is 0. The Morgan fingerprint density at radius 2 is 2.24 bits per heavy atom. The van der Waals surface area contributed by atoms with Crippen molar-refractivity contribution in [1.29, 1.82) is 0 Å². The third-order valence-electron chi connectivity index (χ3n) is 4.51. The first-order chi connectivity index (χ1) is 11.9. The minimum atomic E-state index is -0.430. The Bertz CT molecular complexity index is 657. The molecular weight excluding hydrogens is 320 g/mol. The van der Waals surface area contributed by atoms with Gasteiger partial charge in [-0.05, 0) is 39.2 Å². The van der Waals surface area contributed by atoms with Crippen LogP contribution < -0.4 is 20.1 Å². The lowest BCUT2D eigenvalue weighted by molar-refractivity contribution is -0.129. The van der Waals surface area contributed by atoms with E-state index in [4.69, 9.17) is 9.47 Å². The Morgan fingerprint density at radius 1 is 1.40 bits per heavy atom. The monoisotopic (exact) mass is 346 g/mol. The predicted molar refractivity (Wildman–Crippen MR) is 93.8 cm³/mol. The molecule has 6 nitrogen and oxygen atoms in total. The Labute approximate surface area is 148 Å². The molecule has 1 aromatic carbocycles. The van der Waals surface area contributed by atoms with Crippen molar-refractivity contribution in [3.8, 4) is 11.5 Å². The number of carbonyl (C=O) groups is 2. The molecule has 6 heteroatoms. The van der Waals surface area contributed by atoms with E-state index in [2.05, 4.69) is 10.6 Å². The van der Waals surface area contributed by atoms with Crippen molar-refractivity contribution in [2.75, 3.05) is 13.2 Å². The molecule has 136 valence electrons. The molecule has 0 spiro atoms. The van der Waals surface area contributed by atoms with Gasteiger partial charge < -0.3 is 20.1 Å². The maximum atomic E-state index is 12.1. The van der Waals surface area contributed by atoms with Gasteiger partial charge in [0.2, 0.25) is 11.8 Å². The number of hydrogen-bond donors (Lipinski definition) is 2. The number of para-hydroxylation sites is 1. The van der Waals surface area contributed by atoms with Gasteiger partial charge in [-0.1, -0.05) is 12.1 Å². The van der Waals surface area contributed by atoms with Crippen LogP contribution in [0, 0.1) is 0 Å². The van der Waals surface area contributed by atoms with Crippen molar-refractivity contribution in [3.05, 3.63) is 23.8 Å². The topological polar surface area (TPSA) is 76.7 Å². The zero-order valence-electron chi connectivity index (χ0n) is 14.9. The van der Waals surface area contributed by atoms with Crippen LogP contribution in [0.15, 0.2) is 18.2 Å². The number of nitrogens with one attached hydrogen (secondary N) is 2. The lowest BCUT2D eigenvalue weighted by atomic mass is 10.0. The van der Waals surface area contributed by atoms with Crippen LogP contribution in [0.25, 0.3) is 0 Å². The average Bonchev–Trinajstić information content (AvgIpc) is 2.74. The van der Waals surface area contributed by atoms with Crippen LogP contribution in [0.4, 0.5) is 0 Å². The number of ether oxygens (including phenoxy) is 2. The highest BCUT2D eigenvalue weighted by Gasteiger charge is 2.32. The highest BCUT2D eigenvalue weighted by atomic mass is 16.5. The molecule has 2 heterocycles. The van der Waals surface area contributed by atoms with Crippen LogP contribution in [0.3, 0.4) is 0 Å². The van der Waals surface area contributed by atoms with Crippen LogP contribution in [-0.2, 0) is 16.0 Å². The lowest BCUT2D eigenvalue weighted by Gasteiger charge is -2.18. The maximum absolute atomic E-state index is 12.1. The van der Waals surface area contributed by atoms with Crippen molar-refractivity contribution >= 4 is 11.8 Å². The second-order valence-corrected chi connectivity index (χ2v) is 7.29. The summed E-state index contributed by atoms with van der Waals surface area (Å²) in [6.45, 7) is 5.02. The summed E-state index contributed by atoms with van der Waals surface area (Å²) < 4.78 is 11.7. The van der Waals surface area contributed by atoms with E-state index in [1.165, 1.54) is 0 Å². The van der Waals surface area contributed by atoms with Crippen LogP contribution in [0.5, 0.6) is 11.5 Å². The fourth-order valence-corrected chi connectivity index (χ4v) is 3.30. The van der Waals surface area contributed by atoms with Gasteiger partial charge in [0.05, 0.1) is 13.0 Å². The molecule has 0 bridgehead atoms. The quantitative estimate of drug-likeness (QED) is 0.854. The SMILES string of the molecule is CC1(C)Cc2cccc(OCCC(=O)N[C@H]3CCCCNC3=O)c2O1. The summed E-state index contributed by atoms with van der Waals surface area (Å²) in [5.74, 6) is 1.18. The zero-order chi connectivity index (χ0) is 17.9. The molecule has 2 amide bonds. The van der Waals surface area contributed by atoms with E-state index in [9.17, 15) is 9.59 Å². The molecular formula is C19H26N2O4. The fraction of sp³-hybridized carbons (Fsp3) is 0.579. The number of benzene rings is 1. The molecule has 1 aromatic rings. The zero-order valence-corrected chi connectivity index (χ0v) is 14.9. The van der Waals surface area contributed by atoms with Crippen LogP contribution in [0.2, 0.25) is 0 Å². The van der Waals surface area contributed by atoms with Gasteiger partial charge in [0, 0.05) is 18.5 Å². The molecule has 0 aliphatic carbocycles. The standard InChI is InChI=1S/C19H26N2O4/c1-19(2)12-13-6-5-8-15(17(13)25-19)24-11-9-16(22)21-14-7-3-4-10-20-18(14)23/h5-6,8,14H,3-4,7,9-12H2,1-2H3,(H,20,23)(H,21,22)/t14-/m0/s1. The summed E-state index contributed by atoms with van der Waals surface area (Å²) in [7, 11) is 0. The number of hydrogen-bond acceptors (Lipinski definition) is 4. The Hall–Kier alpha value is -2.24. The first-order valence-corrected chi connectivity index (χ1v) is 8.95. The van der Waals surface area contributed by atoms with E-state index in [1.54, 1.807) is 0 Å². The van der Waals surface area contributed by atoms with Gasteiger partial charge in [-0.15, -0.1) is 0 Å². The van der Waals surface area contributed by atoms with E-state index in [1.807, 2.05) is 32.0 Å². The third kappa shape index (κ3) is 4.44. The van der Waals surface area contributed by atoms with Gasteiger partial charge in [0.15, 0.2) is 11.5 Å². The summed E-state index contributed by atoms with van der Waals surface area (Å²) in [6.07, 6.45) is 3.63. The van der Waals surface area contributed by atoms with Crippen LogP contribution >= 0.6 is 0 Å². The van der Waals surface area contributed by atoms with Crippen LogP contribution in [-0.4, -0.2) is 36.6 Å². The first kappa shape index (κ1) is 17.6. The highest BCUT2D eigenvalue weighted by molar-refractivity contribution is 5.87. The lowest BCUT2D eigenvalue weighted by Crippen LogP contribution is -2.45. The normalized spacial score (nSPS) is 21.5. The van der Waals surface area contributed by atoms with Gasteiger partial charge in [0.25, 0.3) is 0 Å². The minimum absolute atomic E-state index is 0.0942. The molecule has 25 heavy (non-hydrogen) atoms. The van der Waals surface area contributed by atoms with Crippen molar-refractivity contribution in [3.63, 3.8) is 0 Å². The predicted octanol–water partition coefficient (Wildman–Crippen LogP) is 1.95. The number of amides is 2. The Kier molecular flexibility index (Phi) is 5.16. The molecule has 0 radical (unpaired) electrons. The van der Waals surface area contributed by atoms with E-state index in [0.29, 0.717) is 18.7 Å². The molecule has 2 aliphatic rings. The van der Waals surface area contributed by atoms with Gasteiger partial charge in [-0.2, -0.15) is 0 Å². The smallest absolute Gasteiger partial charge is 0.242 e. The van der Waals surface area contributed by atoms with E-state index in [0.717, 1.165) is 30.6 Å². The van der Waals surface area contributed by atoms with Crippen molar-refractivity contribution < 1.29 is 19.1 Å². The minimum Gasteiger partial charge on any atom is -0.489 e. The molecule has 1 atom stereocenters. The molecule has 2 N–H and O–H groups in total. The van der Waals surface area contributed by atoms with Crippen molar-refractivity contribution in [2.24, 2.45) is 0 Å². The average molecular weight is 346 g/mol. The van der Waals surface area contributed by atoms with Crippen molar-refractivity contribution in [2.45, 2.75) is 57.6 Å². The number of rotatable bonds is 5. The summed E-state index contributed by atoms with van der Waals surface area (Å²) in [5, 5.41) is 5.61. The van der Waals surface area contributed by atoms with E-state index in [-0.39, 0.29) is 30.4 Å². The molecule has 0 aromatic heterocycles. The van der Waals surface area contributed by atoms with Gasteiger partial charge in [-0.3, -0.25) is 9.59 Å². The highest BCUT2D eigenvalue weighted by Crippen LogP contribution is 2.41. The molecule has 2 aliphatic heterocycles. The molecule has 0 unspecified atom stereocenters. The third-order valence-corrected chi connectivity index (χ3v) is 4.51. The molecule has 3 rings (SSSR count). The van der Waals surface area contributed by atoms with Crippen molar-refractivity contribution in [1.82, 2.24) is 10.6 Å². The second-order valence-electron chi connectivity index (χ2n) is 7.29. The van der Waals surface area contributed by atoms with E-state index < -0.39 is 6.04 Å². The van der Waals surface area contributed by atoms with Gasteiger partial charge >= 0.3 is 0 Å². The van der Waals surface area contributed by atoms with Gasteiger partial charge in [-0.25, -0.2) is 0 Å². The maximum Gasteiger partial charge on any atom is 0.242 e. The largest absolute Gasteiger partial charge is 0.489 e. The Morgan fingerprint density at radius 3 is 3.08 bits per heavy atom. The Balaban J connectivity index is 1.50. The van der Waals surface area contributed by atoms with E-state index >= 15 is 0 Å². The summed E-state index contributed by atoms with van der Waals surface area (Å²) in [4.78, 5) is 24.0. The summed E-state index contributed by atoms with van der Waals surface area (Å²) in [5.41, 5.74) is 0.897. The van der Waals surface area contributed by atoms with Crippen LogP contribution in [0.1, 0.15) is 45.1 Å². The second kappa shape index (κ2) is 7.33. The number of fused-ring (bicyclic) bond motifs is 1. The molecule has 1 fully saturated rings. The molecule has 1 saturated heterocycles. The molecule has 0 saturated carbocycles. The summed E-state index contributed by atoms with van der Waals surface area (Å²) in [6, 6.07) is 5.40.